The fourth-order valence-electron chi connectivity index (χ4n) is 3.16. The van der Waals surface area contributed by atoms with Gasteiger partial charge in [-0.15, -0.1) is 11.3 Å². The van der Waals surface area contributed by atoms with Crippen LogP contribution in [0.25, 0.3) is 21.3 Å². The molecule has 0 radical (unpaired) electrons. The van der Waals surface area contributed by atoms with Gasteiger partial charge in [0.05, 0.1) is 18.9 Å². The Bertz CT molecular complexity index is 1080. The highest BCUT2D eigenvalue weighted by molar-refractivity contribution is 7.17. The van der Waals surface area contributed by atoms with Gasteiger partial charge in [-0.2, -0.15) is 0 Å². The fraction of sp³-hybridized carbons (Fsp3) is 0.136. The van der Waals surface area contributed by atoms with E-state index in [9.17, 15) is 4.79 Å². The molecule has 0 fully saturated rings. The highest BCUT2D eigenvalue weighted by Crippen LogP contribution is 2.39. The standard InChI is InChI=1S/C22H19N3O2S/c1-27-19(26)12-13-25(17-10-6-3-7-11-17)21-20-18(16-8-4-2-5-9-16)14-28-22(20)24-15-23-21/h2-11,14-15H,12-13H2,1H3. The van der Waals surface area contributed by atoms with E-state index < -0.39 is 0 Å². The molecule has 28 heavy (non-hydrogen) atoms. The van der Waals surface area contributed by atoms with Crippen LogP contribution in [-0.2, 0) is 9.53 Å². The minimum Gasteiger partial charge on any atom is -0.469 e. The Balaban J connectivity index is 1.86. The maximum atomic E-state index is 11.8. The first-order valence-corrected chi connectivity index (χ1v) is 9.83. The summed E-state index contributed by atoms with van der Waals surface area (Å²) in [7, 11) is 1.41. The first-order valence-electron chi connectivity index (χ1n) is 8.95. The highest BCUT2D eigenvalue weighted by atomic mass is 32.1. The van der Waals surface area contributed by atoms with Gasteiger partial charge in [0.1, 0.15) is 17.0 Å². The third kappa shape index (κ3) is 3.59. The van der Waals surface area contributed by atoms with Crippen LogP contribution in [0.5, 0.6) is 0 Å². The molecule has 0 atom stereocenters. The van der Waals surface area contributed by atoms with Gasteiger partial charge in [-0.1, -0.05) is 48.5 Å². The van der Waals surface area contributed by atoms with E-state index in [4.69, 9.17) is 4.74 Å². The first-order chi connectivity index (χ1) is 13.8. The van der Waals surface area contributed by atoms with Crippen molar-refractivity contribution in [3.8, 4) is 11.1 Å². The minimum atomic E-state index is -0.250. The van der Waals surface area contributed by atoms with Crippen LogP contribution >= 0.6 is 11.3 Å². The second-order valence-corrected chi connectivity index (χ2v) is 7.06. The number of nitrogens with zero attached hydrogens (tertiary/aromatic N) is 3. The van der Waals surface area contributed by atoms with Crippen molar-refractivity contribution in [2.75, 3.05) is 18.6 Å². The maximum absolute atomic E-state index is 11.8. The zero-order chi connectivity index (χ0) is 19.3. The summed E-state index contributed by atoms with van der Waals surface area (Å²) >= 11 is 1.60. The largest absolute Gasteiger partial charge is 0.469 e. The monoisotopic (exact) mass is 389 g/mol. The van der Waals surface area contributed by atoms with E-state index in [2.05, 4.69) is 32.4 Å². The van der Waals surface area contributed by atoms with Crippen molar-refractivity contribution in [3.05, 3.63) is 72.4 Å². The minimum absolute atomic E-state index is 0.250. The molecule has 0 amide bonds. The molecule has 4 aromatic rings. The van der Waals surface area contributed by atoms with Crippen LogP contribution in [0.15, 0.2) is 72.4 Å². The van der Waals surface area contributed by atoms with Crippen molar-refractivity contribution in [1.29, 1.82) is 0 Å². The molecule has 0 saturated heterocycles. The van der Waals surface area contributed by atoms with Crippen molar-refractivity contribution in [2.24, 2.45) is 0 Å². The van der Waals surface area contributed by atoms with Crippen LogP contribution in [0.2, 0.25) is 0 Å². The SMILES string of the molecule is COC(=O)CCN(c1ccccc1)c1ncnc2scc(-c3ccccc3)c12. The van der Waals surface area contributed by atoms with Crippen LogP contribution in [0, 0.1) is 0 Å². The lowest BCUT2D eigenvalue weighted by Gasteiger charge is -2.24. The number of rotatable bonds is 6. The summed E-state index contributed by atoms with van der Waals surface area (Å²) in [4.78, 5) is 23.9. The van der Waals surface area contributed by atoms with E-state index >= 15 is 0 Å². The molecule has 5 nitrogen and oxygen atoms in total. The number of carbonyl (C=O) groups is 1. The van der Waals surface area contributed by atoms with Gasteiger partial charge in [-0.05, 0) is 17.7 Å². The molecular formula is C22H19N3O2S. The predicted molar refractivity (Wildman–Crippen MR) is 113 cm³/mol. The second kappa shape index (κ2) is 8.19. The number of fused-ring (bicyclic) bond motifs is 1. The third-order valence-electron chi connectivity index (χ3n) is 4.53. The molecule has 2 aromatic carbocycles. The number of anilines is 2. The molecule has 0 bridgehead atoms. The summed E-state index contributed by atoms with van der Waals surface area (Å²) in [6, 6.07) is 20.2. The number of thiophene rings is 1. The van der Waals surface area contributed by atoms with E-state index in [0.717, 1.165) is 32.8 Å². The summed E-state index contributed by atoms with van der Waals surface area (Å²) in [6.07, 6.45) is 1.85. The number of methoxy groups -OCH3 is 1. The summed E-state index contributed by atoms with van der Waals surface area (Å²) in [6.45, 7) is 0.465. The van der Waals surface area contributed by atoms with Gasteiger partial charge < -0.3 is 9.64 Å². The number of aromatic nitrogens is 2. The zero-order valence-electron chi connectivity index (χ0n) is 15.4. The van der Waals surface area contributed by atoms with Gasteiger partial charge in [0.25, 0.3) is 0 Å². The van der Waals surface area contributed by atoms with Crippen molar-refractivity contribution < 1.29 is 9.53 Å². The molecule has 0 saturated carbocycles. The lowest BCUT2D eigenvalue weighted by Crippen LogP contribution is -2.22. The summed E-state index contributed by atoms with van der Waals surface area (Å²) in [5.41, 5.74) is 3.18. The molecule has 0 unspecified atom stereocenters. The molecule has 2 aromatic heterocycles. The van der Waals surface area contributed by atoms with E-state index in [-0.39, 0.29) is 12.4 Å². The van der Waals surface area contributed by atoms with E-state index in [1.165, 1.54) is 7.11 Å². The summed E-state index contributed by atoms with van der Waals surface area (Å²) < 4.78 is 4.84. The number of esters is 1. The molecule has 4 rings (SSSR count). The molecule has 0 spiro atoms. The molecule has 140 valence electrons. The Labute approximate surface area is 167 Å². The van der Waals surface area contributed by atoms with Crippen LogP contribution in [0.1, 0.15) is 6.42 Å². The smallest absolute Gasteiger partial charge is 0.307 e. The highest BCUT2D eigenvalue weighted by Gasteiger charge is 2.20. The molecule has 0 aliphatic carbocycles. The van der Waals surface area contributed by atoms with Gasteiger partial charge in [-0.25, -0.2) is 9.97 Å². The number of benzene rings is 2. The maximum Gasteiger partial charge on any atom is 0.307 e. The Morgan fingerprint density at radius 2 is 1.75 bits per heavy atom. The summed E-state index contributed by atoms with van der Waals surface area (Å²) in [5, 5.41) is 3.11. The van der Waals surface area contributed by atoms with Gasteiger partial charge in [0, 0.05) is 23.2 Å². The van der Waals surface area contributed by atoms with Gasteiger partial charge >= 0.3 is 5.97 Å². The Morgan fingerprint density at radius 3 is 2.46 bits per heavy atom. The quantitative estimate of drug-likeness (QED) is 0.432. The van der Waals surface area contributed by atoms with Crippen molar-refractivity contribution in [3.63, 3.8) is 0 Å². The molecule has 0 aliphatic heterocycles. The van der Waals surface area contributed by atoms with Crippen LogP contribution < -0.4 is 4.90 Å². The van der Waals surface area contributed by atoms with E-state index in [1.54, 1.807) is 17.7 Å². The molecule has 0 aliphatic rings. The van der Waals surface area contributed by atoms with Gasteiger partial charge in [0.2, 0.25) is 0 Å². The Hall–Kier alpha value is -3.25. The van der Waals surface area contributed by atoms with Gasteiger partial charge in [0.15, 0.2) is 0 Å². The average Bonchev–Trinajstić information content (AvgIpc) is 3.20. The number of carbonyl (C=O) groups excluding carboxylic acids is 1. The third-order valence-corrected chi connectivity index (χ3v) is 5.41. The van der Waals surface area contributed by atoms with E-state index in [1.807, 2.05) is 48.5 Å². The molecule has 6 heteroatoms. The van der Waals surface area contributed by atoms with Crippen molar-refractivity contribution >= 4 is 39.0 Å². The number of ether oxygens (including phenoxy) is 1. The van der Waals surface area contributed by atoms with Crippen LogP contribution in [0.4, 0.5) is 11.5 Å². The zero-order valence-corrected chi connectivity index (χ0v) is 16.2. The normalized spacial score (nSPS) is 10.8. The topological polar surface area (TPSA) is 55.3 Å². The van der Waals surface area contributed by atoms with Crippen molar-refractivity contribution in [2.45, 2.75) is 6.42 Å². The van der Waals surface area contributed by atoms with E-state index in [0.29, 0.717) is 6.54 Å². The summed E-state index contributed by atoms with van der Waals surface area (Å²) in [5.74, 6) is 0.542. The predicted octanol–water partition coefficient (Wildman–Crippen LogP) is 5.06. The molecule has 2 heterocycles. The Morgan fingerprint density at radius 1 is 1.04 bits per heavy atom. The Kier molecular flexibility index (Phi) is 5.30. The molecular weight excluding hydrogens is 370 g/mol. The van der Waals surface area contributed by atoms with Crippen molar-refractivity contribution in [1.82, 2.24) is 9.97 Å². The average molecular weight is 389 g/mol. The fourth-order valence-corrected chi connectivity index (χ4v) is 4.08. The number of hydrogen-bond donors (Lipinski definition) is 0. The number of para-hydroxylation sites is 1. The lowest BCUT2D eigenvalue weighted by atomic mass is 10.1. The van der Waals surface area contributed by atoms with Crippen LogP contribution in [0.3, 0.4) is 0 Å². The second-order valence-electron chi connectivity index (χ2n) is 6.21. The van der Waals surface area contributed by atoms with Crippen LogP contribution in [-0.4, -0.2) is 29.6 Å². The number of hydrogen-bond acceptors (Lipinski definition) is 6. The van der Waals surface area contributed by atoms with Gasteiger partial charge in [-0.3, -0.25) is 4.79 Å². The lowest BCUT2D eigenvalue weighted by molar-refractivity contribution is -0.140. The first kappa shape index (κ1) is 18.1. The molecule has 0 N–H and O–H groups in total.